The molecule has 2 aromatic heterocycles. The number of aliphatic hydroxyl groups is 1. The van der Waals surface area contributed by atoms with Gasteiger partial charge < -0.3 is 9.67 Å². The summed E-state index contributed by atoms with van der Waals surface area (Å²) in [7, 11) is 0. The first kappa shape index (κ1) is 23.6. The van der Waals surface area contributed by atoms with Crippen LogP contribution in [-0.2, 0) is 19.6 Å². The Balaban J connectivity index is 0.00000272. The summed E-state index contributed by atoms with van der Waals surface area (Å²) in [6.07, 6.45) is 2.95. The van der Waals surface area contributed by atoms with Gasteiger partial charge in [-0.2, -0.15) is 0 Å². The second-order valence-corrected chi connectivity index (χ2v) is 7.46. The van der Waals surface area contributed by atoms with Crippen LogP contribution in [0.5, 0.6) is 0 Å². The van der Waals surface area contributed by atoms with Crippen molar-refractivity contribution in [1.82, 2.24) is 30.2 Å². The molecule has 160 valence electrons. The van der Waals surface area contributed by atoms with E-state index in [1.165, 1.54) is 0 Å². The second-order valence-electron chi connectivity index (χ2n) is 7.11. The Morgan fingerprint density at radius 3 is 2.45 bits per heavy atom. The third kappa shape index (κ3) is 5.21. The zero-order chi connectivity index (χ0) is 20.9. The molecular formula is C22H25ClN6OPb. The number of tetrazole rings is 1. The first-order valence-electron chi connectivity index (χ1n) is 9.98. The minimum absolute atomic E-state index is 0. The van der Waals surface area contributed by atoms with Crippen LogP contribution in [0.25, 0.3) is 22.5 Å². The molecule has 4 aromatic rings. The first-order valence-corrected chi connectivity index (χ1v) is 10.4. The van der Waals surface area contributed by atoms with E-state index in [1.54, 1.807) is 0 Å². The predicted octanol–water partition coefficient (Wildman–Crippen LogP) is 3.35. The Hall–Kier alpha value is -2.11. The van der Waals surface area contributed by atoms with Gasteiger partial charge in [-0.05, 0) is 33.5 Å². The predicted molar refractivity (Wildman–Crippen MR) is 124 cm³/mol. The van der Waals surface area contributed by atoms with E-state index >= 15 is 0 Å². The number of aromatic nitrogens is 6. The molecule has 9 heteroatoms. The van der Waals surface area contributed by atoms with Crippen LogP contribution in [0.15, 0.2) is 48.5 Å². The molecule has 4 rings (SSSR count). The van der Waals surface area contributed by atoms with E-state index in [-0.39, 0.29) is 33.9 Å². The molecule has 2 N–H and O–H groups in total. The van der Waals surface area contributed by atoms with E-state index in [0.29, 0.717) is 23.2 Å². The summed E-state index contributed by atoms with van der Waals surface area (Å²) >= 11 is 6.26. The van der Waals surface area contributed by atoms with Crippen LogP contribution in [-0.4, -0.2) is 62.6 Å². The molecule has 0 saturated heterocycles. The molecule has 2 radical (unpaired) electrons. The van der Waals surface area contributed by atoms with Crippen molar-refractivity contribution >= 4 is 38.9 Å². The van der Waals surface area contributed by atoms with Crippen molar-refractivity contribution in [2.75, 3.05) is 0 Å². The van der Waals surface area contributed by atoms with Crippen molar-refractivity contribution in [2.24, 2.45) is 0 Å². The van der Waals surface area contributed by atoms with Crippen LogP contribution in [0, 0.1) is 0 Å². The van der Waals surface area contributed by atoms with E-state index in [1.807, 2.05) is 22.8 Å². The fourth-order valence-electron chi connectivity index (χ4n) is 3.56. The number of unbranched alkanes of at least 4 members (excludes halogenated alkanes) is 1. The van der Waals surface area contributed by atoms with Crippen LogP contribution >= 0.6 is 11.6 Å². The van der Waals surface area contributed by atoms with Gasteiger partial charge in [0.15, 0.2) is 11.0 Å². The zero-order valence-electron chi connectivity index (χ0n) is 17.4. The Morgan fingerprint density at radius 2 is 1.81 bits per heavy atom. The van der Waals surface area contributed by atoms with Crippen molar-refractivity contribution in [3.8, 4) is 22.5 Å². The number of aromatic amines is 1. The number of hydrogen-bond donors (Lipinski definition) is 2. The molecule has 0 unspecified atom stereocenters. The van der Waals surface area contributed by atoms with Gasteiger partial charge in [0.05, 0.1) is 12.3 Å². The van der Waals surface area contributed by atoms with Crippen LogP contribution < -0.4 is 0 Å². The summed E-state index contributed by atoms with van der Waals surface area (Å²) in [5.74, 6) is 1.55. The Kier molecular flexibility index (Phi) is 8.33. The van der Waals surface area contributed by atoms with E-state index in [0.717, 1.165) is 47.3 Å². The molecule has 7 nitrogen and oxygen atoms in total. The third-order valence-electron chi connectivity index (χ3n) is 5.14. The van der Waals surface area contributed by atoms with Crippen molar-refractivity contribution in [3.63, 3.8) is 0 Å². The van der Waals surface area contributed by atoms with Gasteiger partial charge in [-0.3, -0.25) is 0 Å². The summed E-state index contributed by atoms with van der Waals surface area (Å²) in [4.78, 5) is 4.47. The molecule has 0 aliphatic carbocycles. The molecule has 0 fully saturated rings. The number of benzene rings is 2. The van der Waals surface area contributed by atoms with Crippen LogP contribution in [0.4, 0.5) is 0 Å². The molecule has 0 aliphatic rings. The third-order valence-corrected chi connectivity index (χ3v) is 5.44. The Morgan fingerprint density at radius 1 is 1.06 bits per heavy atom. The van der Waals surface area contributed by atoms with Crippen molar-refractivity contribution in [2.45, 2.75) is 39.3 Å². The van der Waals surface area contributed by atoms with Crippen molar-refractivity contribution < 1.29 is 5.11 Å². The summed E-state index contributed by atoms with van der Waals surface area (Å²) in [6, 6.07) is 16.3. The van der Waals surface area contributed by atoms with Gasteiger partial charge in [0, 0.05) is 18.5 Å². The summed E-state index contributed by atoms with van der Waals surface area (Å²) in [5.41, 5.74) is 4.84. The standard InChI is InChI=1S/C22H23ClN6O.Pb.2H/c1-2-3-8-20-24-21(23)19(14-30)29(20)13-15-9-11-16(12-10-15)17-6-4-5-7-18(17)22-25-27-28-26-22;;;/h4-7,9-12,30H,2-3,8,13-14H2,1H3,(H,25,26,27,28);;;. The quantitative estimate of drug-likeness (QED) is 0.291. The number of imidazole rings is 1. The molecule has 0 spiro atoms. The average Bonchev–Trinajstić information content (AvgIpc) is 3.41. The number of rotatable bonds is 8. The maximum atomic E-state index is 9.77. The molecule has 2 heterocycles. The van der Waals surface area contributed by atoms with Gasteiger partial charge >= 0.3 is 27.3 Å². The summed E-state index contributed by atoms with van der Waals surface area (Å²) in [5, 5.41) is 24.4. The monoisotopic (exact) mass is 632 g/mol. The summed E-state index contributed by atoms with van der Waals surface area (Å²) < 4.78 is 2.03. The number of nitrogens with one attached hydrogen (secondary N) is 1. The fourth-order valence-corrected chi connectivity index (χ4v) is 3.81. The molecule has 31 heavy (non-hydrogen) atoms. The number of aliphatic hydroxyl groups excluding tert-OH is 1. The molecule has 0 atom stereocenters. The Labute approximate surface area is 206 Å². The molecule has 2 aromatic carbocycles. The van der Waals surface area contributed by atoms with Crippen molar-refractivity contribution in [3.05, 3.63) is 70.8 Å². The van der Waals surface area contributed by atoms with Gasteiger partial charge in [0.1, 0.15) is 5.82 Å². The number of hydrogen-bond acceptors (Lipinski definition) is 5. The van der Waals surface area contributed by atoms with Gasteiger partial charge in [-0.1, -0.05) is 73.5 Å². The number of halogens is 1. The van der Waals surface area contributed by atoms with E-state index in [4.69, 9.17) is 11.6 Å². The Bertz CT molecular complexity index is 1110. The minimum atomic E-state index is -0.130. The maximum absolute atomic E-state index is 9.77. The first-order chi connectivity index (χ1) is 14.7. The van der Waals surface area contributed by atoms with E-state index < -0.39 is 0 Å². The topological polar surface area (TPSA) is 92.5 Å². The van der Waals surface area contributed by atoms with E-state index in [2.05, 4.69) is 62.9 Å². The normalized spacial score (nSPS) is 10.8. The van der Waals surface area contributed by atoms with Crippen molar-refractivity contribution in [1.29, 1.82) is 0 Å². The molecular weight excluding hydrogens is 607 g/mol. The van der Waals surface area contributed by atoms with Gasteiger partial charge in [0.2, 0.25) is 0 Å². The van der Waals surface area contributed by atoms with Gasteiger partial charge in [-0.25, -0.2) is 10.1 Å². The number of nitrogens with zero attached hydrogens (tertiary/aromatic N) is 5. The summed E-state index contributed by atoms with van der Waals surface area (Å²) in [6.45, 7) is 2.63. The average molecular weight is 632 g/mol. The number of aryl methyl sites for hydroxylation is 1. The molecule has 0 saturated carbocycles. The zero-order valence-corrected chi connectivity index (χ0v) is 23.7. The second kappa shape index (κ2) is 11.0. The van der Waals surface area contributed by atoms with Crippen LogP contribution in [0.2, 0.25) is 5.15 Å². The van der Waals surface area contributed by atoms with Crippen LogP contribution in [0.1, 0.15) is 36.8 Å². The SMILES string of the molecule is CCCCc1nc(Cl)c(CO)n1Cc1ccc(-c2ccccc2-c2nnn[nH]2)cc1.[PbH2]. The van der Waals surface area contributed by atoms with Gasteiger partial charge in [-0.15, -0.1) is 5.10 Å². The molecule has 0 aliphatic heterocycles. The van der Waals surface area contributed by atoms with Crippen LogP contribution in [0.3, 0.4) is 0 Å². The fraction of sp³-hybridized carbons (Fsp3) is 0.273. The van der Waals surface area contributed by atoms with E-state index in [9.17, 15) is 5.11 Å². The number of H-pyrrole nitrogens is 1. The van der Waals surface area contributed by atoms with Gasteiger partial charge in [0.25, 0.3) is 0 Å². The molecule has 0 bridgehead atoms. The molecule has 0 amide bonds.